The van der Waals surface area contributed by atoms with Crippen LogP contribution in [0.3, 0.4) is 0 Å². The molecule has 1 aliphatic rings. The summed E-state index contributed by atoms with van der Waals surface area (Å²) in [6, 6.07) is 15.2. The van der Waals surface area contributed by atoms with Crippen LogP contribution in [0.25, 0.3) is 0 Å². The van der Waals surface area contributed by atoms with Crippen LogP contribution in [0.2, 0.25) is 0 Å². The van der Waals surface area contributed by atoms with Gasteiger partial charge in [-0.1, -0.05) is 30.3 Å². The summed E-state index contributed by atoms with van der Waals surface area (Å²) in [5.41, 5.74) is 3.03. The van der Waals surface area contributed by atoms with Gasteiger partial charge in [0.1, 0.15) is 0 Å². The minimum absolute atomic E-state index is 0.181. The predicted octanol–water partition coefficient (Wildman–Crippen LogP) is 3.02. The normalized spacial score (nSPS) is 14.8. The van der Waals surface area contributed by atoms with Crippen molar-refractivity contribution in [3.8, 4) is 0 Å². The van der Waals surface area contributed by atoms with E-state index in [4.69, 9.17) is 4.74 Å². The fraction of sp³-hybridized carbons (Fsp3) is 0.294. The number of nitro groups is 1. The maximum atomic E-state index is 11.3. The van der Waals surface area contributed by atoms with E-state index in [1.165, 1.54) is 0 Å². The summed E-state index contributed by atoms with van der Waals surface area (Å²) in [7, 11) is 0. The molecule has 0 N–H and O–H groups in total. The summed E-state index contributed by atoms with van der Waals surface area (Å²) >= 11 is 0. The zero-order valence-corrected chi connectivity index (χ0v) is 12.3. The number of hydrogen-bond acceptors (Lipinski definition) is 4. The molecule has 5 nitrogen and oxygen atoms in total. The second kappa shape index (κ2) is 6.58. The standard InChI is InChI=1S/C17H18N2O3/c20-19(21)17-7-6-16(18-8-10-22-11-9-18)13-15(17)12-14-4-2-1-3-5-14/h1-7,13H,8-12H2. The fourth-order valence-electron chi connectivity index (χ4n) is 2.73. The van der Waals surface area contributed by atoms with Crippen LogP contribution in [-0.4, -0.2) is 31.2 Å². The molecule has 1 heterocycles. The molecule has 1 aliphatic heterocycles. The highest BCUT2D eigenvalue weighted by molar-refractivity contribution is 5.57. The molecule has 0 radical (unpaired) electrons. The molecule has 1 saturated heterocycles. The molecule has 0 amide bonds. The van der Waals surface area contributed by atoms with Crippen LogP contribution < -0.4 is 4.90 Å². The number of nitrogens with zero attached hydrogens (tertiary/aromatic N) is 2. The average molecular weight is 298 g/mol. The molecule has 0 bridgehead atoms. The molecule has 3 rings (SSSR count). The number of benzene rings is 2. The molecular weight excluding hydrogens is 280 g/mol. The van der Waals surface area contributed by atoms with E-state index in [0.717, 1.165) is 29.9 Å². The summed E-state index contributed by atoms with van der Waals surface area (Å²) in [5, 5.41) is 11.3. The van der Waals surface area contributed by atoms with Crippen LogP contribution in [0.1, 0.15) is 11.1 Å². The second-order valence-electron chi connectivity index (χ2n) is 5.33. The summed E-state index contributed by atoms with van der Waals surface area (Å²) in [6.45, 7) is 3.04. The van der Waals surface area contributed by atoms with Gasteiger partial charge < -0.3 is 9.64 Å². The van der Waals surface area contributed by atoms with Crippen LogP contribution in [0.4, 0.5) is 11.4 Å². The molecule has 0 atom stereocenters. The first kappa shape index (κ1) is 14.5. The van der Waals surface area contributed by atoms with E-state index in [0.29, 0.717) is 19.6 Å². The molecule has 2 aromatic rings. The van der Waals surface area contributed by atoms with Crippen molar-refractivity contribution in [2.75, 3.05) is 31.2 Å². The van der Waals surface area contributed by atoms with Gasteiger partial charge in [-0.15, -0.1) is 0 Å². The summed E-state index contributed by atoms with van der Waals surface area (Å²) in [5.74, 6) is 0. The van der Waals surface area contributed by atoms with E-state index in [1.54, 1.807) is 6.07 Å². The van der Waals surface area contributed by atoms with Gasteiger partial charge in [0, 0.05) is 36.8 Å². The van der Waals surface area contributed by atoms with Crippen molar-refractivity contribution >= 4 is 11.4 Å². The molecule has 5 heteroatoms. The Morgan fingerprint density at radius 3 is 2.50 bits per heavy atom. The highest BCUT2D eigenvalue weighted by Gasteiger charge is 2.18. The zero-order valence-electron chi connectivity index (χ0n) is 12.3. The Morgan fingerprint density at radius 2 is 1.82 bits per heavy atom. The van der Waals surface area contributed by atoms with Gasteiger partial charge in [-0.05, 0) is 17.7 Å². The Morgan fingerprint density at radius 1 is 1.09 bits per heavy atom. The largest absolute Gasteiger partial charge is 0.378 e. The Hall–Kier alpha value is -2.40. The highest BCUT2D eigenvalue weighted by atomic mass is 16.6. The summed E-state index contributed by atoms with van der Waals surface area (Å²) in [4.78, 5) is 13.2. The van der Waals surface area contributed by atoms with Gasteiger partial charge in [0.15, 0.2) is 0 Å². The van der Waals surface area contributed by atoms with Crippen LogP contribution >= 0.6 is 0 Å². The fourth-order valence-corrected chi connectivity index (χ4v) is 2.73. The van der Waals surface area contributed by atoms with Crippen molar-refractivity contribution in [3.05, 3.63) is 69.8 Å². The number of nitro benzene ring substituents is 1. The van der Waals surface area contributed by atoms with Crippen molar-refractivity contribution in [1.29, 1.82) is 0 Å². The molecule has 0 unspecified atom stereocenters. The van der Waals surface area contributed by atoms with E-state index >= 15 is 0 Å². The Kier molecular flexibility index (Phi) is 4.34. The molecular formula is C17H18N2O3. The lowest BCUT2D eigenvalue weighted by Crippen LogP contribution is -2.36. The van der Waals surface area contributed by atoms with E-state index < -0.39 is 0 Å². The first-order valence-corrected chi connectivity index (χ1v) is 7.38. The highest BCUT2D eigenvalue weighted by Crippen LogP contribution is 2.27. The van der Waals surface area contributed by atoms with Crippen molar-refractivity contribution < 1.29 is 9.66 Å². The number of anilines is 1. The SMILES string of the molecule is O=[N+]([O-])c1ccc(N2CCOCC2)cc1Cc1ccccc1. The third-order valence-corrected chi connectivity index (χ3v) is 3.87. The zero-order chi connectivity index (χ0) is 15.4. The van der Waals surface area contributed by atoms with E-state index in [-0.39, 0.29) is 10.6 Å². The lowest BCUT2D eigenvalue weighted by molar-refractivity contribution is -0.385. The maximum Gasteiger partial charge on any atom is 0.273 e. The van der Waals surface area contributed by atoms with E-state index in [2.05, 4.69) is 4.90 Å². The van der Waals surface area contributed by atoms with E-state index in [1.807, 2.05) is 42.5 Å². The quantitative estimate of drug-likeness (QED) is 0.643. The average Bonchev–Trinajstić information content (AvgIpc) is 2.56. The first-order valence-electron chi connectivity index (χ1n) is 7.38. The minimum atomic E-state index is -0.304. The van der Waals surface area contributed by atoms with Crippen LogP contribution in [0.5, 0.6) is 0 Å². The van der Waals surface area contributed by atoms with Crippen molar-refractivity contribution in [3.63, 3.8) is 0 Å². The molecule has 0 aromatic heterocycles. The monoisotopic (exact) mass is 298 g/mol. The van der Waals surface area contributed by atoms with Gasteiger partial charge in [0.2, 0.25) is 0 Å². The van der Waals surface area contributed by atoms with E-state index in [9.17, 15) is 10.1 Å². The topological polar surface area (TPSA) is 55.6 Å². The van der Waals surface area contributed by atoms with Gasteiger partial charge in [-0.25, -0.2) is 0 Å². The maximum absolute atomic E-state index is 11.3. The van der Waals surface area contributed by atoms with Gasteiger partial charge in [0.05, 0.1) is 18.1 Å². The number of ether oxygens (including phenoxy) is 1. The first-order chi connectivity index (χ1) is 10.7. The van der Waals surface area contributed by atoms with Crippen LogP contribution in [0, 0.1) is 10.1 Å². The third-order valence-electron chi connectivity index (χ3n) is 3.87. The van der Waals surface area contributed by atoms with Crippen molar-refractivity contribution in [1.82, 2.24) is 0 Å². The second-order valence-corrected chi connectivity index (χ2v) is 5.33. The number of morpholine rings is 1. The van der Waals surface area contributed by atoms with Gasteiger partial charge in [-0.2, -0.15) is 0 Å². The van der Waals surface area contributed by atoms with Gasteiger partial charge in [-0.3, -0.25) is 10.1 Å². The molecule has 114 valence electrons. The molecule has 0 spiro atoms. The molecule has 1 fully saturated rings. The van der Waals surface area contributed by atoms with Crippen molar-refractivity contribution in [2.45, 2.75) is 6.42 Å². The van der Waals surface area contributed by atoms with Crippen LogP contribution in [0.15, 0.2) is 48.5 Å². The number of rotatable bonds is 4. The third kappa shape index (κ3) is 3.26. The molecule has 22 heavy (non-hydrogen) atoms. The molecule has 2 aromatic carbocycles. The lowest BCUT2D eigenvalue weighted by Gasteiger charge is -2.29. The van der Waals surface area contributed by atoms with Gasteiger partial charge >= 0.3 is 0 Å². The smallest absolute Gasteiger partial charge is 0.273 e. The minimum Gasteiger partial charge on any atom is -0.378 e. The van der Waals surface area contributed by atoms with Gasteiger partial charge in [0.25, 0.3) is 5.69 Å². The number of hydrogen-bond donors (Lipinski definition) is 0. The Labute approximate surface area is 129 Å². The molecule has 0 aliphatic carbocycles. The lowest BCUT2D eigenvalue weighted by atomic mass is 10.0. The molecule has 0 saturated carbocycles. The van der Waals surface area contributed by atoms with Crippen LogP contribution in [-0.2, 0) is 11.2 Å². The summed E-state index contributed by atoms with van der Waals surface area (Å²) in [6.07, 6.45) is 0.565. The Bertz CT molecular complexity index is 652. The van der Waals surface area contributed by atoms with Crippen molar-refractivity contribution in [2.24, 2.45) is 0 Å². The Balaban J connectivity index is 1.92. The summed E-state index contributed by atoms with van der Waals surface area (Å²) < 4.78 is 5.36. The predicted molar refractivity (Wildman–Crippen MR) is 85.4 cm³/mol.